The molecule has 2 rings (SSSR count). The van der Waals surface area contributed by atoms with Gasteiger partial charge in [0.25, 0.3) is 0 Å². The van der Waals surface area contributed by atoms with Gasteiger partial charge in [0.15, 0.2) is 5.96 Å². The Morgan fingerprint density at radius 3 is 2.72 bits per heavy atom. The van der Waals surface area contributed by atoms with E-state index in [2.05, 4.69) is 26.0 Å². The average Bonchev–Trinajstić information content (AvgIpc) is 2.98. The molecule has 138 valence electrons. The lowest BCUT2D eigenvalue weighted by Gasteiger charge is -2.18. The van der Waals surface area contributed by atoms with Crippen LogP contribution in [-0.4, -0.2) is 24.5 Å². The van der Waals surface area contributed by atoms with Crippen molar-refractivity contribution < 1.29 is 4.39 Å². The van der Waals surface area contributed by atoms with E-state index in [-0.39, 0.29) is 35.8 Å². The molecule has 1 aromatic carbocycles. The minimum Gasteiger partial charge on any atom is -0.356 e. The van der Waals surface area contributed by atoms with Crippen LogP contribution < -0.4 is 10.6 Å². The summed E-state index contributed by atoms with van der Waals surface area (Å²) < 4.78 is 13.7. The molecular formula is C18H26FIN4S. The summed E-state index contributed by atoms with van der Waals surface area (Å²) in [6, 6.07) is 5.29. The zero-order valence-electron chi connectivity index (χ0n) is 15.1. The fourth-order valence-electron chi connectivity index (χ4n) is 2.33. The number of hydrogen-bond donors (Lipinski definition) is 2. The van der Waals surface area contributed by atoms with Crippen molar-refractivity contribution in [1.29, 1.82) is 0 Å². The third kappa shape index (κ3) is 6.89. The Kier molecular flexibility index (Phi) is 9.34. The van der Waals surface area contributed by atoms with Gasteiger partial charge in [0.2, 0.25) is 0 Å². The molecule has 0 spiro atoms. The molecule has 1 heterocycles. The molecule has 4 nitrogen and oxygen atoms in total. The van der Waals surface area contributed by atoms with Crippen LogP contribution in [0.25, 0.3) is 0 Å². The maximum Gasteiger partial charge on any atom is 0.191 e. The van der Waals surface area contributed by atoms with Crippen molar-refractivity contribution in [2.45, 2.75) is 39.7 Å². The van der Waals surface area contributed by atoms with Crippen molar-refractivity contribution in [3.63, 3.8) is 0 Å². The first-order valence-corrected chi connectivity index (χ1v) is 9.02. The summed E-state index contributed by atoms with van der Waals surface area (Å²) in [4.78, 5) is 8.69. The number of thiazole rings is 1. The summed E-state index contributed by atoms with van der Waals surface area (Å²) in [5, 5.41) is 9.83. The van der Waals surface area contributed by atoms with E-state index in [1.165, 1.54) is 5.01 Å². The van der Waals surface area contributed by atoms with E-state index in [1.54, 1.807) is 37.4 Å². The lowest BCUT2D eigenvalue weighted by atomic mass is 10.1. The first-order chi connectivity index (χ1) is 11.5. The molecule has 0 saturated carbocycles. The third-order valence-electron chi connectivity index (χ3n) is 3.80. The van der Waals surface area contributed by atoms with Gasteiger partial charge in [0, 0.05) is 31.1 Å². The number of nitrogens with one attached hydrogen (secondary N) is 2. The predicted octanol–water partition coefficient (Wildman–Crippen LogP) is 4.38. The first-order valence-electron chi connectivity index (χ1n) is 8.14. The highest BCUT2D eigenvalue weighted by atomic mass is 127. The summed E-state index contributed by atoms with van der Waals surface area (Å²) in [7, 11) is 1.74. The largest absolute Gasteiger partial charge is 0.356 e. The Hall–Kier alpha value is -1.22. The summed E-state index contributed by atoms with van der Waals surface area (Å²) in [6.07, 6.45) is 1.95. The lowest BCUT2D eigenvalue weighted by molar-refractivity contribution is 0.607. The maximum atomic E-state index is 13.7. The normalized spacial score (nSPS) is 12.4. The fourth-order valence-corrected chi connectivity index (χ4v) is 3.14. The number of nitrogens with zero attached hydrogens (tertiary/aromatic N) is 2. The molecule has 25 heavy (non-hydrogen) atoms. The number of aromatic nitrogens is 1. The number of aliphatic imine (C=N–C) groups is 1. The van der Waals surface area contributed by atoms with Gasteiger partial charge in [0.05, 0.1) is 11.0 Å². The zero-order valence-corrected chi connectivity index (χ0v) is 18.2. The fraction of sp³-hybridized carbons (Fsp3) is 0.444. The van der Waals surface area contributed by atoms with E-state index >= 15 is 0 Å². The Balaban J connectivity index is 0.00000312. The SMILES string of the molecule is CN=C(NCCCc1nc(C)cs1)NC(C)c1ccc(C)c(F)c1.I. The Bertz CT molecular complexity index is 702. The summed E-state index contributed by atoms with van der Waals surface area (Å²) >= 11 is 1.70. The number of halogens is 2. The number of hydrogen-bond acceptors (Lipinski definition) is 3. The van der Waals surface area contributed by atoms with Gasteiger partial charge in [-0.3, -0.25) is 4.99 Å². The van der Waals surface area contributed by atoms with Gasteiger partial charge in [-0.15, -0.1) is 35.3 Å². The molecule has 0 aliphatic carbocycles. The molecule has 0 fully saturated rings. The van der Waals surface area contributed by atoms with Crippen LogP contribution in [0.4, 0.5) is 4.39 Å². The zero-order chi connectivity index (χ0) is 17.5. The second-order valence-electron chi connectivity index (χ2n) is 5.86. The van der Waals surface area contributed by atoms with E-state index < -0.39 is 0 Å². The molecule has 0 amide bonds. The third-order valence-corrected chi connectivity index (χ3v) is 4.83. The number of benzene rings is 1. The monoisotopic (exact) mass is 476 g/mol. The standard InChI is InChI=1S/C18H25FN4S.HI/c1-12-7-8-15(10-16(12)19)14(3)23-18(20-4)21-9-5-6-17-22-13(2)11-24-17;/h7-8,10-11,14H,5-6,9H2,1-4H3,(H2,20,21,23);1H. The summed E-state index contributed by atoms with van der Waals surface area (Å²) in [5.41, 5.74) is 2.64. The molecule has 1 atom stereocenters. The van der Waals surface area contributed by atoms with Gasteiger partial charge >= 0.3 is 0 Å². The highest BCUT2D eigenvalue weighted by Crippen LogP contribution is 2.16. The lowest BCUT2D eigenvalue weighted by Crippen LogP contribution is -2.39. The quantitative estimate of drug-likeness (QED) is 0.282. The second kappa shape index (κ2) is 10.7. The Labute approximate surface area is 170 Å². The van der Waals surface area contributed by atoms with Crippen LogP contribution in [0.3, 0.4) is 0 Å². The van der Waals surface area contributed by atoms with E-state index in [0.29, 0.717) is 5.56 Å². The van der Waals surface area contributed by atoms with Crippen molar-refractivity contribution in [2.75, 3.05) is 13.6 Å². The molecule has 0 radical (unpaired) electrons. The topological polar surface area (TPSA) is 49.3 Å². The van der Waals surface area contributed by atoms with E-state index in [1.807, 2.05) is 19.9 Å². The highest BCUT2D eigenvalue weighted by molar-refractivity contribution is 14.0. The van der Waals surface area contributed by atoms with E-state index in [9.17, 15) is 4.39 Å². The highest BCUT2D eigenvalue weighted by Gasteiger charge is 2.09. The number of rotatable bonds is 6. The first kappa shape index (κ1) is 21.8. The van der Waals surface area contributed by atoms with Crippen molar-refractivity contribution in [2.24, 2.45) is 4.99 Å². The Morgan fingerprint density at radius 2 is 2.12 bits per heavy atom. The number of guanidine groups is 1. The van der Waals surface area contributed by atoms with Crippen molar-refractivity contribution in [3.05, 3.63) is 51.2 Å². The van der Waals surface area contributed by atoms with Crippen molar-refractivity contribution in [3.8, 4) is 0 Å². The number of aryl methyl sites for hydroxylation is 3. The molecule has 1 unspecified atom stereocenters. The molecule has 0 bridgehead atoms. The van der Waals surface area contributed by atoms with Crippen LogP contribution >= 0.6 is 35.3 Å². The molecule has 0 aliphatic heterocycles. The molecule has 0 saturated heterocycles. The minimum absolute atomic E-state index is 0. The molecule has 1 aromatic heterocycles. The maximum absolute atomic E-state index is 13.7. The van der Waals surface area contributed by atoms with Gasteiger partial charge in [-0.1, -0.05) is 12.1 Å². The van der Waals surface area contributed by atoms with Crippen molar-refractivity contribution >= 4 is 41.3 Å². The van der Waals surface area contributed by atoms with Crippen molar-refractivity contribution in [1.82, 2.24) is 15.6 Å². The Morgan fingerprint density at radius 1 is 1.36 bits per heavy atom. The van der Waals surface area contributed by atoms with Crippen LogP contribution in [0.5, 0.6) is 0 Å². The molecule has 0 aliphatic rings. The smallest absolute Gasteiger partial charge is 0.191 e. The molecule has 7 heteroatoms. The van der Waals surface area contributed by atoms with Gasteiger partial charge < -0.3 is 10.6 Å². The van der Waals surface area contributed by atoms with Crippen LogP contribution in [0.1, 0.15) is 41.2 Å². The van der Waals surface area contributed by atoms with Gasteiger partial charge in [-0.05, 0) is 44.4 Å². The van der Waals surface area contributed by atoms with Crippen LogP contribution in [-0.2, 0) is 6.42 Å². The van der Waals surface area contributed by atoms with E-state index in [0.717, 1.165) is 36.6 Å². The van der Waals surface area contributed by atoms with E-state index in [4.69, 9.17) is 0 Å². The molecule has 2 aromatic rings. The summed E-state index contributed by atoms with van der Waals surface area (Å²) in [5.74, 6) is 0.543. The van der Waals surface area contributed by atoms with Crippen LogP contribution in [0, 0.1) is 19.7 Å². The minimum atomic E-state index is -0.178. The molecule has 2 N–H and O–H groups in total. The second-order valence-corrected chi connectivity index (χ2v) is 6.80. The predicted molar refractivity (Wildman–Crippen MR) is 115 cm³/mol. The van der Waals surface area contributed by atoms with Crippen LogP contribution in [0.2, 0.25) is 0 Å². The average molecular weight is 476 g/mol. The van der Waals surface area contributed by atoms with Gasteiger partial charge in [-0.25, -0.2) is 9.37 Å². The van der Waals surface area contributed by atoms with Gasteiger partial charge in [0.1, 0.15) is 5.82 Å². The molecular weight excluding hydrogens is 450 g/mol. The summed E-state index contributed by atoms with van der Waals surface area (Å²) in [6.45, 7) is 6.59. The van der Waals surface area contributed by atoms with Crippen LogP contribution in [0.15, 0.2) is 28.6 Å². The van der Waals surface area contributed by atoms with Gasteiger partial charge in [-0.2, -0.15) is 0 Å².